The van der Waals surface area contributed by atoms with E-state index in [2.05, 4.69) is 10.2 Å². The smallest absolute Gasteiger partial charge is 0.241 e. The average Bonchev–Trinajstić information content (AvgIpc) is 3.10. The van der Waals surface area contributed by atoms with Crippen LogP contribution in [0.25, 0.3) is 0 Å². The molecule has 2 aliphatic heterocycles. The predicted octanol–water partition coefficient (Wildman–Crippen LogP) is 2.10. The van der Waals surface area contributed by atoms with Crippen LogP contribution in [0.1, 0.15) is 19.8 Å². The first-order valence-electron chi connectivity index (χ1n) is 8.07. The minimum atomic E-state index is -0.119. The van der Waals surface area contributed by atoms with Crippen LogP contribution >= 0.6 is 0 Å². The normalized spacial score (nSPS) is 22.6. The number of hydrogen-bond acceptors (Lipinski definition) is 4. The Labute approximate surface area is 131 Å². The second kappa shape index (κ2) is 7.22. The van der Waals surface area contributed by atoms with Gasteiger partial charge in [-0.05, 0) is 45.0 Å². The summed E-state index contributed by atoms with van der Waals surface area (Å²) in [6.07, 6.45) is 2.01. The number of amides is 1. The summed E-state index contributed by atoms with van der Waals surface area (Å²) >= 11 is 0. The Morgan fingerprint density at radius 2 is 1.82 bits per heavy atom. The molecule has 0 aromatic heterocycles. The molecule has 1 aromatic rings. The number of nitrogens with zero attached hydrogens (tertiary/aromatic N) is 1. The second-order valence-corrected chi connectivity index (χ2v) is 6.01. The van der Waals surface area contributed by atoms with Gasteiger partial charge < -0.3 is 14.8 Å². The topological polar surface area (TPSA) is 50.8 Å². The van der Waals surface area contributed by atoms with Gasteiger partial charge in [-0.3, -0.25) is 9.69 Å². The highest BCUT2D eigenvalue weighted by Gasteiger charge is 2.33. The number of piperidine rings is 1. The molecule has 0 radical (unpaired) electrons. The van der Waals surface area contributed by atoms with Crippen molar-refractivity contribution in [2.45, 2.75) is 32.1 Å². The van der Waals surface area contributed by atoms with Crippen molar-refractivity contribution in [3.05, 3.63) is 30.3 Å². The fourth-order valence-corrected chi connectivity index (χ4v) is 3.16. The SMILES string of the molecule is CC(C(=O)Nc1ccccc1)N1CCC(C2OCCO2)CC1. The monoisotopic (exact) mass is 304 g/mol. The van der Waals surface area contributed by atoms with Crippen LogP contribution in [0.3, 0.4) is 0 Å². The van der Waals surface area contributed by atoms with E-state index >= 15 is 0 Å². The maximum absolute atomic E-state index is 12.3. The summed E-state index contributed by atoms with van der Waals surface area (Å²) in [6, 6.07) is 9.49. The molecule has 1 aromatic carbocycles. The van der Waals surface area contributed by atoms with E-state index in [4.69, 9.17) is 9.47 Å². The molecule has 2 aliphatic rings. The van der Waals surface area contributed by atoms with Crippen molar-refractivity contribution in [2.75, 3.05) is 31.6 Å². The first-order valence-corrected chi connectivity index (χ1v) is 8.07. The molecule has 2 heterocycles. The molecular weight excluding hydrogens is 280 g/mol. The lowest BCUT2D eigenvalue weighted by Crippen LogP contribution is -2.47. The molecule has 5 heteroatoms. The van der Waals surface area contributed by atoms with Gasteiger partial charge in [0.2, 0.25) is 5.91 Å². The number of nitrogens with one attached hydrogen (secondary N) is 1. The number of anilines is 1. The number of likely N-dealkylation sites (tertiary alicyclic amines) is 1. The van der Waals surface area contributed by atoms with Gasteiger partial charge in [-0.15, -0.1) is 0 Å². The Morgan fingerprint density at radius 1 is 1.18 bits per heavy atom. The molecule has 0 aliphatic carbocycles. The van der Waals surface area contributed by atoms with E-state index in [1.54, 1.807) is 0 Å². The van der Waals surface area contributed by atoms with Crippen molar-refractivity contribution in [3.63, 3.8) is 0 Å². The van der Waals surface area contributed by atoms with Crippen molar-refractivity contribution < 1.29 is 14.3 Å². The molecule has 0 spiro atoms. The van der Waals surface area contributed by atoms with Crippen molar-refractivity contribution in [1.82, 2.24) is 4.90 Å². The number of carbonyl (C=O) groups is 1. The fraction of sp³-hybridized carbons (Fsp3) is 0.588. The number of rotatable bonds is 4. The van der Waals surface area contributed by atoms with Crippen LogP contribution in [0.15, 0.2) is 30.3 Å². The van der Waals surface area contributed by atoms with Gasteiger partial charge in [0.05, 0.1) is 19.3 Å². The standard InChI is InChI=1S/C17H24N2O3/c1-13(16(20)18-15-5-3-2-4-6-15)19-9-7-14(8-10-19)17-21-11-12-22-17/h2-6,13-14,17H,7-12H2,1H3,(H,18,20). The quantitative estimate of drug-likeness (QED) is 0.925. The molecule has 0 saturated carbocycles. The largest absolute Gasteiger partial charge is 0.350 e. The summed E-state index contributed by atoms with van der Waals surface area (Å²) in [5.41, 5.74) is 0.849. The summed E-state index contributed by atoms with van der Waals surface area (Å²) in [6.45, 7) is 5.22. The molecule has 0 bridgehead atoms. The zero-order chi connectivity index (χ0) is 15.4. The fourth-order valence-electron chi connectivity index (χ4n) is 3.16. The highest BCUT2D eigenvalue weighted by Crippen LogP contribution is 2.26. The second-order valence-electron chi connectivity index (χ2n) is 6.01. The summed E-state index contributed by atoms with van der Waals surface area (Å²) in [5.74, 6) is 0.515. The van der Waals surface area contributed by atoms with E-state index in [1.807, 2.05) is 37.3 Å². The molecule has 1 amide bonds. The molecule has 1 N–H and O–H groups in total. The van der Waals surface area contributed by atoms with E-state index in [1.165, 1.54) is 0 Å². The van der Waals surface area contributed by atoms with Gasteiger partial charge in [-0.1, -0.05) is 18.2 Å². The molecule has 3 rings (SSSR count). The van der Waals surface area contributed by atoms with Crippen LogP contribution in [-0.4, -0.2) is 49.4 Å². The van der Waals surface area contributed by atoms with Gasteiger partial charge in [0, 0.05) is 11.6 Å². The summed E-state index contributed by atoms with van der Waals surface area (Å²) < 4.78 is 11.2. The van der Waals surface area contributed by atoms with Gasteiger partial charge in [-0.2, -0.15) is 0 Å². The van der Waals surface area contributed by atoms with Gasteiger partial charge in [0.25, 0.3) is 0 Å². The minimum Gasteiger partial charge on any atom is -0.350 e. The minimum absolute atomic E-state index is 0.0319. The Morgan fingerprint density at radius 3 is 2.45 bits per heavy atom. The van der Waals surface area contributed by atoms with Crippen LogP contribution in [0, 0.1) is 5.92 Å². The van der Waals surface area contributed by atoms with E-state index in [9.17, 15) is 4.79 Å². The maximum atomic E-state index is 12.3. The molecule has 120 valence electrons. The first kappa shape index (κ1) is 15.5. The third-order valence-electron chi connectivity index (χ3n) is 4.58. The third kappa shape index (κ3) is 3.66. The van der Waals surface area contributed by atoms with Gasteiger partial charge >= 0.3 is 0 Å². The lowest BCUT2D eigenvalue weighted by atomic mass is 9.95. The third-order valence-corrected chi connectivity index (χ3v) is 4.58. The molecule has 5 nitrogen and oxygen atoms in total. The van der Waals surface area contributed by atoms with E-state index in [0.717, 1.165) is 31.6 Å². The van der Waals surface area contributed by atoms with Gasteiger partial charge in [0.15, 0.2) is 6.29 Å². The molecule has 2 saturated heterocycles. The summed E-state index contributed by atoms with van der Waals surface area (Å²) in [7, 11) is 0. The number of ether oxygens (including phenoxy) is 2. The molecule has 1 atom stereocenters. The Kier molecular flexibility index (Phi) is 5.08. The van der Waals surface area contributed by atoms with Crippen molar-refractivity contribution in [3.8, 4) is 0 Å². The van der Waals surface area contributed by atoms with Gasteiger partial charge in [-0.25, -0.2) is 0 Å². The highest BCUT2D eigenvalue weighted by atomic mass is 16.7. The summed E-state index contributed by atoms with van der Waals surface area (Å²) in [5, 5.41) is 2.98. The van der Waals surface area contributed by atoms with Crippen LogP contribution in [0.4, 0.5) is 5.69 Å². The Bertz CT molecular complexity index is 480. The van der Waals surface area contributed by atoms with E-state index in [-0.39, 0.29) is 18.2 Å². The zero-order valence-corrected chi connectivity index (χ0v) is 13.0. The molecule has 22 heavy (non-hydrogen) atoms. The van der Waals surface area contributed by atoms with E-state index < -0.39 is 0 Å². The maximum Gasteiger partial charge on any atom is 0.241 e. The van der Waals surface area contributed by atoms with Crippen molar-refractivity contribution in [2.24, 2.45) is 5.92 Å². The summed E-state index contributed by atoms with van der Waals surface area (Å²) in [4.78, 5) is 14.6. The predicted molar refractivity (Wildman–Crippen MR) is 84.5 cm³/mol. The van der Waals surface area contributed by atoms with E-state index in [0.29, 0.717) is 19.1 Å². The van der Waals surface area contributed by atoms with Crippen LogP contribution in [0.5, 0.6) is 0 Å². The average molecular weight is 304 g/mol. The molecular formula is C17H24N2O3. The molecule has 1 unspecified atom stereocenters. The van der Waals surface area contributed by atoms with Crippen LogP contribution in [-0.2, 0) is 14.3 Å². The highest BCUT2D eigenvalue weighted by molar-refractivity contribution is 5.94. The van der Waals surface area contributed by atoms with Gasteiger partial charge in [0.1, 0.15) is 0 Å². The molecule has 2 fully saturated rings. The lowest BCUT2D eigenvalue weighted by molar-refractivity contribution is -0.123. The Balaban J connectivity index is 1.48. The van der Waals surface area contributed by atoms with Crippen LogP contribution < -0.4 is 5.32 Å². The van der Waals surface area contributed by atoms with Crippen molar-refractivity contribution in [1.29, 1.82) is 0 Å². The Hall–Kier alpha value is -1.43. The zero-order valence-electron chi connectivity index (χ0n) is 13.0. The lowest BCUT2D eigenvalue weighted by Gasteiger charge is -2.36. The first-order chi connectivity index (χ1) is 10.7. The van der Waals surface area contributed by atoms with Crippen molar-refractivity contribution >= 4 is 11.6 Å². The number of carbonyl (C=O) groups excluding carboxylic acids is 1. The number of para-hydroxylation sites is 1. The number of benzene rings is 1. The number of hydrogen-bond donors (Lipinski definition) is 1. The van der Waals surface area contributed by atoms with Crippen LogP contribution in [0.2, 0.25) is 0 Å².